The number of amides is 1. The van der Waals surface area contributed by atoms with Crippen molar-refractivity contribution in [2.24, 2.45) is 5.92 Å². The second-order valence-corrected chi connectivity index (χ2v) is 7.22. The first kappa shape index (κ1) is 21.2. The fraction of sp³-hybridized carbons (Fsp3) is 0.381. The van der Waals surface area contributed by atoms with Crippen LogP contribution in [0.1, 0.15) is 48.3 Å². The zero-order valence-electron chi connectivity index (χ0n) is 15.3. The van der Waals surface area contributed by atoms with E-state index in [1.54, 1.807) is 30.3 Å². The van der Waals surface area contributed by atoms with Crippen LogP contribution in [0.5, 0.6) is 0 Å². The quantitative estimate of drug-likeness (QED) is 0.558. The average molecular weight is 415 g/mol. The molecule has 0 radical (unpaired) electrons. The van der Waals surface area contributed by atoms with Gasteiger partial charge in [0, 0.05) is 5.69 Å². The van der Waals surface area contributed by atoms with Crippen LogP contribution in [-0.4, -0.2) is 5.91 Å². The Bertz CT molecular complexity index is 821. The summed E-state index contributed by atoms with van der Waals surface area (Å²) < 4.78 is 78.4. The third-order valence-corrected chi connectivity index (χ3v) is 5.17. The summed E-state index contributed by atoms with van der Waals surface area (Å²) in [6.07, 6.45) is -6.51. The fourth-order valence-corrected chi connectivity index (χ4v) is 3.84. The Morgan fingerprint density at radius 1 is 0.862 bits per heavy atom. The van der Waals surface area contributed by atoms with E-state index in [1.807, 2.05) is 0 Å². The van der Waals surface area contributed by atoms with Gasteiger partial charge in [0.15, 0.2) is 0 Å². The van der Waals surface area contributed by atoms with Crippen LogP contribution in [0, 0.1) is 5.92 Å². The number of hydrogen-bond acceptors (Lipinski definition) is 1. The summed E-state index contributed by atoms with van der Waals surface area (Å²) in [6.45, 7) is 0. The lowest BCUT2D eigenvalue weighted by atomic mass is 9.84. The minimum absolute atomic E-state index is 0.00900. The summed E-state index contributed by atoms with van der Waals surface area (Å²) in [5.74, 6) is -1.25. The maximum absolute atomic E-state index is 13.1. The summed E-state index contributed by atoms with van der Waals surface area (Å²) in [5.41, 5.74) is -2.74. The number of anilines is 1. The average Bonchev–Trinajstić information content (AvgIpc) is 3.15. The van der Waals surface area contributed by atoms with Crippen LogP contribution >= 0.6 is 0 Å². The number of alkyl halides is 6. The molecule has 0 heterocycles. The van der Waals surface area contributed by atoms with Crippen LogP contribution in [-0.2, 0) is 17.1 Å². The second kappa shape index (κ2) is 8.08. The van der Waals surface area contributed by atoms with E-state index in [4.69, 9.17) is 0 Å². The van der Waals surface area contributed by atoms with Crippen LogP contribution in [0.2, 0.25) is 0 Å². The van der Waals surface area contributed by atoms with Gasteiger partial charge in [0.2, 0.25) is 5.91 Å². The van der Waals surface area contributed by atoms with E-state index in [9.17, 15) is 31.1 Å². The molecule has 0 bridgehead atoms. The lowest BCUT2D eigenvalue weighted by Crippen LogP contribution is -2.27. The molecule has 29 heavy (non-hydrogen) atoms. The summed E-state index contributed by atoms with van der Waals surface area (Å²) in [5, 5.41) is 2.30. The Morgan fingerprint density at radius 2 is 1.38 bits per heavy atom. The van der Waals surface area contributed by atoms with E-state index in [-0.39, 0.29) is 12.0 Å². The third-order valence-electron chi connectivity index (χ3n) is 5.17. The Balaban J connectivity index is 1.95. The maximum Gasteiger partial charge on any atom is 0.416 e. The van der Waals surface area contributed by atoms with E-state index in [1.165, 1.54) is 0 Å². The van der Waals surface area contributed by atoms with Crippen molar-refractivity contribution in [3.8, 4) is 0 Å². The summed E-state index contributed by atoms with van der Waals surface area (Å²) in [4.78, 5) is 12.9. The number of halogens is 6. The van der Waals surface area contributed by atoms with E-state index in [0.29, 0.717) is 17.7 Å². The molecule has 1 atom stereocenters. The summed E-state index contributed by atoms with van der Waals surface area (Å²) >= 11 is 0. The Kier molecular flexibility index (Phi) is 5.91. The molecule has 0 aliphatic heterocycles. The molecule has 156 valence electrons. The number of benzene rings is 2. The molecule has 3 rings (SSSR count). The van der Waals surface area contributed by atoms with Gasteiger partial charge in [-0.05, 0) is 42.5 Å². The molecule has 1 aliphatic rings. The Labute approximate surface area is 163 Å². The molecule has 2 aromatic rings. The van der Waals surface area contributed by atoms with E-state index in [0.717, 1.165) is 25.7 Å². The van der Waals surface area contributed by atoms with Crippen molar-refractivity contribution in [3.63, 3.8) is 0 Å². The predicted octanol–water partition coefficient (Wildman–Crippen LogP) is 6.64. The first-order valence-electron chi connectivity index (χ1n) is 9.21. The Morgan fingerprint density at radius 3 is 1.86 bits per heavy atom. The minimum Gasteiger partial charge on any atom is -0.326 e. The minimum atomic E-state index is -4.97. The van der Waals surface area contributed by atoms with E-state index < -0.39 is 41.0 Å². The number of carbonyl (C=O) groups is 1. The molecule has 1 saturated carbocycles. The smallest absolute Gasteiger partial charge is 0.326 e. The fourth-order valence-electron chi connectivity index (χ4n) is 3.84. The van der Waals surface area contributed by atoms with Crippen molar-refractivity contribution < 1.29 is 31.1 Å². The number of rotatable bonds is 4. The molecule has 0 spiro atoms. The lowest BCUT2D eigenvalue weighted by molar-refractivity contribution is -0.143. The molecular weight excluding hydrogens is 396 g/mol. The van der Waals surface area contributed by atoms with Crippen molar-refractivity contribution in [1.29, 1.82) is 0 Å². The first-order chi connectivity index (χ1) is 13.6. The molecule has 1 amide bonds. The highest BCUT2D eigenvalue weighted by atomic mass is 19.4. The molecule has 1 fully saturated rings. The molecule has 1 N–H and O–H groups in total. The van der Waals surface area contributed by atoms with Crippen LogP contribution in [0.3, 0.4) is 0 Å². The predicted molar refractivity (Wildman–Crippen MR) is 96.2 cm³/mol. The van der Waals surface area contributed by atoms with Gasteiger partial charge in [-0.25, -0.2) is 0 Å². The SMILES string of the molecule is O=C(Nc1cc(C(F)(F)F)cc(C(F)(F)F)c1)[C@@H](c1ccccc1)C1CCCC1. The van der Waals surface area contributed by atoms with Crippen molar-refractivity contribution in [2.45, 2.75) is 44.0 Å². The van der Waals surface area contributed by atoms with Gasteiger partial charge in [-0.1, -0.05) is 43.2 Å². The van der Waals surface area contributed by atoms with Gasteiger partial charge in [-0.2, -0.15) is 26.3 Å². The van der Waals surface area contributed by atoms with Crippen molar-refractivity contribution in [3.05, 3.63) is 65.2 Å². The van der Waals surface area contributed by atoms with Crippen molar-refractivity contribution in [2.75, 3.05) is 5.32 Å². The number of hydrogen-bond donors (Lipinski definition) is 1. The van der Waals surface area contributed by atoms with Crippen LogP contribution in [0.25, 0.3) is 0 Å². The molecule has 2 aromatic carbocycles. The normalized spacial score (nSPS) is 16.6. The highest BCUT2D eigenvalue weighted by Crippen LogP contribution is 2.40. The van der Waals surface area contributed by atoms with E-state index >= 15 is 0 Å². The molecule has 8 heteroatoms. The summed E-state index contributed by atoms with van der Waals surface area (Å²) in [6, 6.07) is 9.86. The van der Waals surface area contributed by atoms with Gasteiger partial charge >= 0.3 is 12.4 Å². The van der Waals surface area contributed by atoms with Crippen molar-refractivity contribution in [1.82, 2.24) is 0 Å². The van der Waals surface area contributed by atoms with Gasteiger partial charge in [-0.15, -0.1) is 0 Å². The van der Waals surface area contributed by atoms with Crippen LogP contribution in [0.15, 0.2) is 48.5 Å². The second-order valence-electron chi connectivity index (χ2n) is 7.22. The van der Waals surface area contributed by atoms with E-state index in [2.05, 4.69) is 5.32 Å². The van der Waals surface area contributed by atoms with Gasteiger partial charge in [0.1, 0.15) is 0 Å². The molecular formula is C21H19F6NO. The standard InChI is InChI=1S/C21H19F6NO/c22-20(23,24)15-10-16(21(25,26)27)12-17(11-15)28-19(29)18(14-8-4-5-9-14)13-6-2-1-3-7-13/h1-3,6-7,10-12,14,18H,4-5,8-9H2,(H,28,29)/t18-/m0/s1. The molecule has 2 nitrogen and oxygen atoms in total. The highest BCUT2D eigenvalue weighted by Gasteiger charge is 2.38. The topological polar surface area (TPSA) is 29.1 Å². The monoisotopic (exact) mass is 415 g/mol. The zero-order chi connectivity index (χ0) is 21.2. The molecule has 1 aliphatic carbocycles. The zero-order valence-corrected chi connectivity index (χ0v) is 15.3. The van der Waals surface area contributed by atoms with Gasteiger partial charge in [0.25, 0.3) is 0 Å². The third kappa shape index (κ3) is 5.10. The largest absolute Gasteiger partial charge is 0.416 e. The van der Waals surface area contributed by atoms with Crippen LogP contribution in [0.4, 0.5) is 32.0 Å². The molecule has 0 saturated heterocycles. The number of carbonyl (C=O) groups excluding carboxylic acids is 1. The summed E-state index contributed by atoms with van der Waals surface area (Å²) in [7, 11) is 0. The number of nitrogens with one attached hydrogen (secondary N) is 1. The molecule has 0 unspecified atom stereocenters. The van der Waals surface area contributed by atoms with Crippen molar-refractivity contribution >= 4 is 11.6 Å². The molecule has 0 aromatic heterocycles. The van der Waals surface area contributed by atoms with Gasteiger partial charge in [-0.3, -0.25) is 4.79 Å². The lowest BCUT2D eigenvalue weighted by Gasteiger charge is -2.24. The van der Waals surface area contributed by atoms with Gasteiger partial charge < -0.3 is 5.32 Å². The Hall–Kier alpha value is -2.51. The van der Waals surface area contributed by atoms with Gasteiger partial charge in [0.05, 0.1) is 17.0 Å². The maximum atomic E-state index is 13.1. The first-order valence-corrected chi connectivity index (χ1v) is 9.21. The highest BCUT2D eigenvalue weighted by molar-refractivity contribution is 5.96. The van der Waals surface area contributed by atoms with Crippen LogP contribution < -0.4 is 5.32 Å².